The van der Waals surface area contributed by atoms with Crippen LogP contribution in [0.2, 0.25) is 0 Å². The second-order valence-electron chi connectivity index (χ2n) is 6.90. The Labute approximate surface area is 154 Å². The van der Waals surface area contributed by atoms with Gasteiger partial charge in [-0.15, -0.1) is 0 Å². The Balaban J connectivity index is 1.46. The van der Waals surface area contributed by atoms with Crippen LogP contribution in [-0.2, 0) is 6.42 Å². The average molecular weight is 355 g/mol. The van der Waals surface area contributed by atoms with Gasteiger partial charge < -0.3 is 10.2 Å². The molecule has 1 aliphatic heterocycles. The van der Waals surface area contributed by atoms with Crippen LogP contribution in [-0.4, -0.2) is 48.6 Å². The minimum absolute atomic E-state index is 0.0537. The van der Waals surface area contributed by atoms with Crippen molar-refractivity contribution < 1.29 is 9.18 Å². The Morgan fingerprint density at radius 3 is 2.46 bits per heavy atom. The van der Waals surface area contributed by atoms with E-state index in [-0.39, 0.29) is 11.8 Å². The minimum atomic E-state index is -0.140. The summed E-state index contributed by atoms with van der Waals surface area (Å²) in [6, 6.07) is 12.8. The van der Waals surface area contributed by atoms with Gasteiger partial charge in [-0.2, -0.15) is 0 Å². The van der Waals surface area contributed by atoms with E-state index >= 15 is 0 Å². The number of hydrogen-bond acceptors (Lipinski definition) is 2. The fraction of sp³-hybridized carbons (Fsp3) is 0.381. The number of hydrogen-bond donors (Lipinski definition) is 1. The van der Waals surface area contributed by atoms with Gasteiger partial charge in [-0.3, -0.25) is 4.90 Å². The second kappa shape index (κ2) is 8.32. The van der Waals surface area contributed by atoms with E-state index in [2.05, 4.69) is 17.1 Å². The molecule has 0 aliphatic carbocycles. The zero-order valence-electron chi connectivity index (χ0n) is 15.5. The molecule has 138 valence electrons. The number of amides is 2. The van der Waals surface area contributed by atoms with Crippen LogP contribution in [0.5, 0.6) is 0 Å². The zero-order chi connectivity index (χ0) is 18.5. The van der Waals surface area contributed by atoms with Crippen LogP contribution >= 0.6 is 0 Å². The third-order valence-electron chi connectivity index (χ3n) is 5.07. The summed E-state index contributed by atoms with van der Waals surface area (Å²) in [6.45, 7) is 7.92. The second-order valence-corrected chi connectivity index (χ2v) is 6.90. The molecule has 2 aromatic rings. The largest absolute Gasteiger partial charge is 0.322 e. The summed E-state index contributed by atoms with van der Waals surface area (Å²) in [6.07, 6.45) is 0.696. The Morgan fingerprint density at radius 2 is 1.77 bits per heavy atom. The molecule has 0 aromatic heterocycles. The topological polar surface area (TPSA) is 35.6 Å². The fourth-order valence-electron chi connectivity index (χ4n) is 3.18. The van der Waals surface area contributed by atoms with Crippen molar-refractivity contribution in [2.24, 2.45) is 0 Å². The number of nitrogens with zero attached hydrogens (tertiary/aromatic N) is 2. The summed E-state index contributed by atoms with van der Waals surface area (Å²) in [5.41, 5.74) is 3.97. The van der Waals surface area contributed by atoms with E-state index in [4.69, 9.17) is 0 Å². The number of carbonyl (C=O) groups is 1. The first-order chi connectivity index (χ1) is 12.5. The number of aryl methyl sites for hydroxylation is 2. The maximum Gasteiger partial charge on any atom is 0.321 e. The molecule has 1 aliphatic rings. The van der Waals surface area contributed by atoms with E-state index in [1.165, 1.54) is 17.2 Å². The number of urea groups is 1. The number of piperazine rings is 1. The van der Waals surface area contributed by atoms with Gasteiger partial charge >= 0.3 is 6.03 Å². The third kappa shape index (κ3) is 4.61. The molecule has 0 saturated carbocycles. The van der Waals surface area contributed by atoms with Crippen molar-refractivity contribution in [3.63, 3.8) is 0 Å². The van der Waals surface area contributed by atoms with Crippen LogP contribution in [0.3, 0.4) is 0 Å². The number of nitrogens with one attached hydrogen (secondary N) is 1. The Bertz CT molecular complexity index is 770. The minimum Gasteiger partial charge on any atom is -0.322 e. The molecule has 26 heavy (non-hydrogen) atoms. The van der Waals surface area contributed by atoms with E-state index in [1.54, 1.807) is 6.07 Å². The highest BCUT2D eigenvalue weighted by Crippen LogP contribution is 2.15. The molecule has 0 radical (unpaired) electrons. The van der Waals surface area contributed by atoms with E-state index in [9.17, 15) is 9.18 Å². The fourth-order valence-corrected chi connectivity index (χ4v) is 3.18. The quantitative estimate of drug-likeness (QED) is 0.905. The summed E-state index contributed by atoms with van der Waals surface area (Å²) in [5.74, 6) is -0.140. The van der Waals surface area contributed by atoms with Gasteiger partial charge in [0.1, 0.15) is 5.82 Å². The van der Waals surface area contributed by atoms with Crippen molar-refractivity contribution in [1.29, 1.82) is 0 Å². The van der Waals surface area contributed by atoms with Crippen molar-refractivity contribution in [2.45, 2.75) is 20.3 Å². The standard InChI is InChI=1S/C21H26FN3O/c1-16-7-8-19(15-17(16)2)23-21(26)25-13-11-24(12-14-25)10-9-18-5-3-4-6-20(18)22/h3-8,15H,9-14H2,1-2H3,(H,23,26). The molecule has 0 unspecified atom stereocenters. The van der Waals surface area contributed by atoms with Gasteiger partial charge in [-0.1, -0.05) is 24.3 Å². The van der Waals surface area contributed by atoms with Gasteiger partial charge in [0, 0.05) is 38.4 Å². The molecule has 3 rings (SSSR count). The van der Waals surface area contributed by atoms with Gasteiger partial charge in [-0.25, -0.2) is 9.18 Å². The Hall–Kier alpha value is -2.40. The molecule has 0 bridgehead atoms. The zero-order valence-corrected chi connectivity index (χ0v) is 15.5. The lowest BCUT2D eigenvalue weighted by Crippen LogP contribution is -2.50. The normalized spacial score (nSPS) is 15.1. The SMILES string of the molecule is Cc1ccc(NC(=O)N2CCN(CCc3ccccc3F)CC2)cc1C. The van der Waals surface area contributed by atoms with E-state index < -0.39 is 0 Å². The molecule has 5 heteroatoms. The highest BCUT2D eigenvalue weighted by molar-refractivity contribution is 5.89. The highest BCUT2D eigenvalue weighted by Gasteiger charge is 2.21. The number of benzene rings is 2. The van der Waals surface area contributed by atoms with Crippen molar-refractivity contribution in [1.82, 2.24) is 9.80 Å². The molecule has 1 saturated heterocycles. The van der Waals surface area contributed by atoms with Gasteiger partial charge in [0.2, 0.25) is 0 Å². The van der Waals surface area contributed by atoms with Crippen molar-refractivity contribution in [3.05, 3.63) is 65.0 Å². The first-order valence-corrected chi connectivity index (χ1v) is 9.12. The van der Waals surface area contributed by atoms with Crippen LogP contribution in [0.25, 0.3) is 0 Å². The molecular formula is C21H26FN3O. The maximum absolute atomic E-state index is 13.7. The van der Waals surface area contributed by atoms with Crippen LogP contribution in [0.1, 0.15) is 16.7 Å². The van der Waals surface area contributed by atoms with Crippen LogP contribution in [0, 0.1) is 19.7 Å². The van der Waals surface area contributed by atoms with Gasteiger partial charge in [0.05, 0.1) is 0 Å². The van der Waals surface area contributed by atoms with Gasteiger partial charge in [0.15, 0.2) is 0 Å². The lowest BCUT2D eigenvalue weighted by molar-refractivity contribution is 0.148. The number of halogens is 1. The highest BCUT2D eigenvalue weighted by atomic mass is 19.1. The van der Waals surface area contributed by atoms with E-state index in [0.29, 0.717) is 19.5 Å². The molecule has 2 amide bonds. The molecular weight excluding hydrogens is 329 g/mol. The van der Waals surface area contributed by atoms with Gasteiger partial charge in [-0.05, 0) is 55.2 Å². The lowest BCUT2D eigenvalue weighted by Gasteiger charge is -2.34. The molecule has 1 fully saturated rings. The lowest BCUT2D eigenvalue weighted by atomic mass is 10.1. The summed E-state index contributed by atoms with van der Waals surface area (Å²) in [5, 5.41) is 2.98. The van der Waals surface area contributed by atoms with Crippen molar-refractivity contribution in [3.8, 4) is 0 Å². The summed E-state index contributed by atoms with van der Waals surface area (Å²) < 4.78 is 13.7. The molecule has 4 nitrogen and oxygen atoms in total. The average Bonchev–Trinajstić information content (AvgIpc) is 2.64. The van der Waals surface area contributed by atoms with Crippen molar-refractivity contribution in [2.75, 3.05) is 38.0 Å². The number of carbonyl (C=O) groups excluding carboxylic acids is 1. The number of anilines is 1. The summed E-state index contributed by atoms with van der Waals surface area (Å²) in [7, 11) is 0. The predicted molar refractivity (Wildman–Crippen MR) is 103 cm³/mol. The monoisotopic (exact) mass is 355 g/mol. The number of rotatable bonds is 4. The first-order valence-electron chi connectivity index (χ1n) is 9.12. The van der Waals surface area contributed by atoms with E-state index in [1.807, 2.05) is 42.2 Å². The molecule has 0 spiro atoms. The van der Waals surface area contributed by atoms with E-state index in [0.717, 1.165) is 30.9 Å². The Kier molecular flexibility index (Phi) is 5.89. The first kappa shape index (κ1) is 18.4. The predicted octanol–water partition coefficient (Wildman–Crippen LogP) is 3.83. The summed E-state index contributed by atoms with van der Waals surface area (Å²) >= 11 is 0. The summed E-state index contributed by atoms with van der Waals surface area (Å²) in [4.78, 5) is 16.6. The third-order valence-corrected chi connectivity index (χ3v) is 5.07. The van der Waals surface area contributed by atoms with Crippen LogP contribution in [0.4, 0.5) is 14.9 Å². The van der Waals surface area contributed by atoms with Crippen LogP contribution < -0.4 is 5.32 Å². The molecule has 0 atom stereocenters. The van der Waals surface area contributed by atoms with Crippen molar-refractivity contribution >= 4 is 11.7 Å². The molecule has 2 aromatic carbocycles. The smallest absolute Gasteiger partial charge is 0.321 e. The van der Waals surface area contributed by atoms with Crippen LogP contribution in [0.15, 0.2) is 42.5 Å². The Morgan fingerprint density at radius 1 is 1.04 bits per heavy atom. The maximum atomic E-state index is 13.7. The molecule has 1 heterocycles. The molecule has 1 N–H and O–H groups in total. The van der Waals surface area contributed by atoms with Gasteiger partial charge in [0.25, 0.3) is 0 Å².